The van der Waals surface area contributed by atoms with Gasteiger partial charge in [0.25, 0.3) is 0 Å². The molecule has 1 amide bonds. The molecule has 0 aliphatic heterocycles. The van der Waals surface area contributed by atoms with E-state index in [9.17, 15) is 4.79 Å². The van der Waals surface area contributed by atoms with Crippen molar-refractivity contribution in [3.63, 3.8) is 0 Å². The number of hydrogen-bond acceptors (Lipinski definition) is 9. The maximum absolute atomic E-state index is 12.2. The SMILES string of the molecule is C=CC(=O)Nc1cc(Nc2nccc(-c3cnc4c(cnn4C)c3)n2)c(OC)cc1N(C)CCN(C)C. The minimum atomic E-state index is -0.310. The zero-order chi connectivity index (χ0) is 26.5. The van der Waals surface area contributed by atoms with Crippen molar-refractivity contribution in [2.24, 2.45) is 7.05 Å². The molecule has 0 fully saturated rings. The molecular weight excluding hydrogens is 470 g/mol. The maximum Gasteiger partial charge on any atom is 0.247 e. The topological polar surface area (TPSA) is 113 Å². The van der Waals surface area contributed by atoms with Gasteiger partial charge in [-0.25, -0.2) is 15.0 Å². The van der Waals surface area contributed by atoms with Crippen LogP contribution in [0.15, 0.2) is 55.5 Å². The van der Waals surface area contributed by atoms with Crippen LogP contribution < -0.4 is 20.3 Å². The van der Waals surface area contributed by atoms with Crippen LogP contribution in [0.1, 0.15) is 0 Å². The van der Waals surface area contributed by atoms with Gasteiger partial charge >= 0.3 is 0 Å². The molecule has 0 spiro atoms. The van der Waals surface area contributed by atoms with Crippen LogP contribution in [-0.4, -0.2) is 76.9 Å². The Hall–Kier alpha value is -4.51. The molecule has 2 N–H and O–H groups in total. The number of benzene rings is 1. The molecule has 11 nitrogen and oxygen atoms in total. The van der Waals surface area contributed by atoms with Crippen LogP contribution in [0.4, 0.5) is 23.0 Å². The van der Waals surface area contributed by atoms with Gasteiger partial charge in [0.15, 0.2) is 5.65 Å². The fourth-order valence-electron chi connectivity index (χ4n) is 3.79. The number of anilines is 4. The molecule has 4 aromatic rings. The molecule has 0 bridgehead atoms. The summed E-state index contributed by atoms with van der Waals surface area (Å²) in [5.41, 5.74) is 4.36. The second-order valence-corrected chi connectivity index (χ2v) is 8.78. The third kappa shape index (κ3) is 5.84. The van der Waals surface area contributed by atoms with Crippen molar-refractivity contribution in [3.05, 3.63) is 55.5 Å². The molecule has 0 radical (unpaired) electrons. The second-order valence-electron chi connectivity index (χ2n) is 8.78. The van der Waals surface area contributed by atoms with Crippen molar-refractivity contribution in [2.75, 3.05) is 56.9 Å². The predicted molar refractivity (Wildman–Crippen MR) is 146 cm³/mol. The third-order valence-corrected chi connectivity index (χ3v) is 5.82. The lowest BCUT2D eigenvalue weighted by Gasteiger charge is -2.26. The first-order chi connectivity index (χ1) is 17.8. The Morgan fingerprint density at radius 2 is 1.95 bits per heavy atom. The highest BCUT2D eigenvalue weighted by molar-refractivity contribution is 6.02. The number of aryl methyl sites for hydroxylation is 1. The number of rotatable bonds is 10. The fraction of sp³-hybridized carbons (Fsp3) is 0.269. The van der Waals surface area contributed by atoms with Crippen LogP contribution in [0.5, 0.6) is 5.75 Å². The summed E-state index contributed by atoms with van der Waals surface area (Å²) >= 11 is 0. The largest absolute Gasteiger partial charge is 0.494 e. The summed E-state index contributed by atoms with van der Waals surface area (Å²) in [7, 11) is 9.45. The van der Waals surface area contributed by atoms with Gasteiger partial charge in [-0.05, 0) is 38.4 Å². The minimum absolute atomic E-state index is 0.310. The van der Waals surface area contributed by atoms with Gasteiger partial charge in [0, 0.05) is 56.6 Å². The van der Waals surface area contributed by atoms with E-state index in [2.05, 4.69) is 47.1 Å². The molecule has 0 saturated heterocycles. The van der Waals surface area contributed by atoms with Crippen LogP contribution in [0.3, 0.4) is 0 Å². The Morgan fingerprint density at radius 3 is 2.68 bits per heavy atom. The lowest BCUT2D eigenvalue weighted by atomic mass is 10.2. The van der Waals surface area contributed by atoms with Gasteiger partial charge < -0.3 is 25.2 Å². The van der Waals surface area contributed by atoms with Crippen molar-refractivity contribution in [3.8, 4) is 17.0 Å². The van der Waals surface area contributed by atoms with Gasteiger partial charge in [0.2, 0.25) is 11.9 Å². The number of nitrogens with one attached hydrogen (secondary N) is 2. The first-order valence-electron chi connectivity index (χ1n) is 11.7. The summed E-state index contributed by atoms with van der Waals surface area (Å²) in [6.45, 7) is 5.16. The predicted octanol–water partition coefficient (Wildman–Crippen LogP) is 3.30. The molecule has 192 valence electrons. The molecule has 3 heterocycles. The van der Waals surface area contributed by atoms with Gasteiger partial charge in [-0.3, -0.25) is 9.48 Å². The number of carbonyl (C=O) groups is 1. The maximum atomic E-state index is 12.2. The number of carbonyl (C=O) groups excluding carboxylic acids is 1. The Morgan fingerprint density at radius 1 is 1.14 bits per heavy atom. The quantitative estimate of drug-likeness (QED) is 0.316. The zero-order valence-electron chi connectivity index (χ0n) is 21.7. The number of aromatic nitrogens is 5. The van der Waals surface area contributed by atoms with Gasteiger partial charge in [0.1, 0.15) is 5.75 Å². The van der Waals surface area contributed by atoms with Crippen LogP contribution in [0.25, 0.3) is 22.3 Å². The van der Waals surface area contributed by atoms with E-state index in [1.807, 2.05) is 46.4 Å². The third-order valence-electron chi connectivity index (χ3n) is 5.82. The molecular formula is C26H31N9O2. The van der Waals surface area contributed by atoms with Crippen molar-refractivity contribution in [1.29, 1.82) is 0 Å². The summed E-state index contributed by atoms with van der Waals surface area (Å²) in [5, 5.41) is 11.3. The van der Waals surface area contributed by atoms with Crippen molar-refractivity contribution < 1.29 is 9.53 Å². The highest BCUT2D eigenvalue weighted by Crippen LogP contribution is 2.38. The summed E-state index contributed by atoms with van der Waals surface area (Å²) < 4.78 is 7.40. The molecule has 37 heavy (non-hydrogen) atoms. The Labute approximate surface area is 215 Å². The van der Waals surface area contributed by atoms with Gasteiger partial charge in [0.05, 0.1) is 36.1 Å². The first-order valence-corrected chi connectivity index (χ1v) is 11.7. The number of pyridine rings is 1. The monoisotopic (exact) mass is 501 g/mol. The molecule has 4 rings (SSSR count). The number of hydrogen-bond donors (Lipinski definition) is 2. The van der Waals surface area contributed by atoms with Gasteiger partial charge in [-0.2, -0.15) is 5.10 Å². The van der Waals surface area contributed by atoms with E-state index in [0.717, 1.165) is 35.4 Å². The number of likely N-dealkylation sites (N-methyl/N-ethyl adjacent to an activating group) is 2. The van der Waals surface area contributed by atoms with Crippen molar-refractivity contribution in [1.82, 2.24) is 29.6 Å². The van der Waals surface area contributed by atoms with E-state index in [0.29, 0.717) is 28.8 Å². The van der Waals surface area contributed by atoms with Crippen LogP contribution in [-0.2, 0) is 11.8 Å². The molecule has 3 aromatic heterocycles. The summed E-state index contributed by atoms with van der Waals surface area (Å²) in [6, 6.07) is 7.49. The Balaban J connectivity index is 1.67. The average Bonchev–Trinajstić information content (AvgIpc) is 3.27. The van der Waals surface area contributed by atoms with Gasteiger partial charge in [-0.1, -0.05) is 6.58 Å². The Bertz CT molecular complexity index is 1430. The number of methoxy groups -OCH3 is 1. The van der Waals surface area contributed by atoms with E-state index < -0.39 is 0 Å². The molecule has 0 saturated carbocycles. The van der Waals surface area contributed by atoms with E-state index >= 15 is 0 Å². The molecule has 0 unspecified atom stereocenters. The second kappa shape index (κ2) is 11.0. The van der Waals surface area contributed by atoms with E-state index in [4.69, 9.17) is 4.74 Å². The summed E-state index contributed by atoms with van der Waals surface area (Å²) in [4.78, 5) is 29.9. The zero-order valence-corrected chi connectivity index (χ0v) is 21.7. The highest BCUT2D eigenvalue weighted by Gasteiger charge is 2.17. The van der Waals surface area contributed by atoms with Gasteiger partial charge in [-0.15, -0.1) is 0 Å². The molecule has 1 aromatic carbocycles. The summed E-state index contributed by atoms with van der Waals surface area (Å²) in [6.07, 6.45) is 6.44. The summed E-state index contributed by atoms with van der Waals surface area (Å²) in [5.74, 6) is 0.641. The smallest absolute Gasteiger partial charge is 0.247 e. The fourth-order valence-corrected chi connectivity index (χ4v) is 3.79. The number of amides is 1. The Kier molecular flexibility index (Phi) is 7.63. The highest BCUT2D eigenvalue weighted by atomic mass is 16.5. The van der Waals surface area contributed by atoms with E-state index in [1.165, 1.54) is 6.08 Å². The van der Waals surface area contributed by atoms with Crippen LogP contribution >= 0.6 is 0 Å². The number of ether oxygens (including phenoxy) is 1. The number of nitrogens with zero attached hydrogens (tertiary/aromatic N) is 7. The molecule has 0 aliphatic rings. The molecule has 11 heteroatoms. The standard InChI is InChI=1S/C26H31N9O2/c1-7-24(36)30-20-13-21(23(37-6)14-22(20)34(4)11-10-33(2)3)32-26-27-9-8-19(31-26)17-12-18-16-29-35(5)25(18)28-15-17/h7-9,12-16H,1,10-11H2,2-6H3,(H,30,36)(H,27,31,32). The first kappa shape index (κ1) is 25.6. The van der Waals surface area contributed by atoms with Crippen LogP contribution in [0, 0.1) is 0 Å². The van der Waals surface area contributed by atoms with Crippen molar-refractivity contribution in [2.45, 2.75) is 0 Å². The molecule has 0 aliphatic carbocycles. The lowest BCUT2D eigenvalue weighted by Crippen LogP contribution is -2.29. The van der Waals surface area contributed by atoms with E-state index in [-0.39, 0.29) is 5.91 Å². The molecule has 0 atom stereocenters. The number of fused-ring (bicyclic) bond motifs is 1. The average molecular weight is 502 g/mol. The van der Waals surface area contributed by atoms with E-state index in [1.54, 1.807) is 36.4 Å². The lowest BCUT2D eigenvalue weighted by molar-refractivity contribution is -0.111. The van der Waals surface area contributed by atoms with Crippen molar-refractivity contribution >= 4 is 40.0 Å². The van der Waals surface area contributed by atoms with Crippen LogP contribution in [0.2, 0.25) is 0 Å². The minimum Gasteiger partial charge on any atom is -0.494 e. The normalized spacial score (nSPS) is 11.0.